The zero-order valence-electron chi connectivity index (χ0n) is 9.36. The van der Waals surface area contributed by atoms with Gasteiger partial charge in [0.05, 0.1) is 0 Å². The van der Waals surface area contributed by atoms with Crippen LogP contribution in [-0.2, 0) is 6.42 Å². The van der Waals surface area contributed by atoms with Crippen molar-refractivity contribution in [3.8, 4) is 5.75 Å². The zero-order chi connectivity index (χ0) is 11.2. The lowest BCUT2D eigenvalue weighted by Gasteiger charge is -2.09. The van der Waals surface area contributed by atoms with Gasteiger partial charge in [-0.1, -0.05) is 18.2 Å². The second kappa shape index (κ2) is 5.52. The van der Waals surface area contributed by atoms with Crippen molar-refractivity contribution in [2.24, 2.45) is 5.73 Å². The van der Waals surface area contributed by atoms with Crippen LogP contribution in [-0.4, -0.2) is 6.54 Å². The molecule has 1 aromatic carbocycles. The van der Waals surface area contributed by atoms with E-state index in [4.69, 9.17) is 10.5 Å². The summed E-state index contributed by atoms with van der Waals surface area (Å²) in [5.41, 5.74) is 6.75. The highest BCUT2D eigenvalue weighted by atomic mass is 16.5. The van der Waals surface area contributed by atoms with E-state index < -0.39 is 0 Å². The molecule has 1 aliphatic carbocycles. The second-order valence-electron chi connectivity index (χ2n) is 3.87. The van der Waals surface area contributed by atoms with Crippen molar-refractivity contribution in [3.05, 3.63) is 53.8 Å². The Morgan fingerprint density at radius 2 is 1.94 bits per heavy atom. The predicted molar refractivity (Wildman–Crippen MR) is 66.3 cm³/mol. The molecule has 0 aromatic heterocycles. The molecule has 84 valence electrons. The summed E-state index contributed by atoms with van der Waals surface area (Å²) in [4.78, 5) is 0. The molecule has 2 heteroatoms. The molecule has 0 bridgehead atoms. The van der Waals surface area contributed by atoms with E-state index in [1.165, 1.54) is 5.56 Å². The Hall–Kier alpha value is -1.54. The van der Waals surface area contributed by atoms with E-state index in [1.807, 2.05) is 18.2 Å². The van der Waals surface area contributed by atoms with E-state index in [0.29, 0.717) is 6.54 Å². The molecular weight excluding hydrogens is 198 g/mol. The lowest BCUT2D eigenvalue weighted by Crippen LogP contribution is -2.02. The first-order valence-corrected chi connectivity index (χ1v) is 5.72. The van der Waals surface area contributed by atoms with Crippen LogP contribution in [0.4, 0.5) is 0 Å². The SMILES string of the molecule is NCCc1ccc(OC2=CCCC=C2)cc1. The molecule has 2 N–H and O–H groups in total. The number of ether oxygens (including phenoxy) is 1. The molecule has 0 spiro atoms. The topological polar surface area (TPSA) is 35.2 Å². The first kappa shape index (κ1) is 11.0. The van der Waals surface area contributed by atoms with Crippen LogP contribution >= 0.6 is 0 Å². The summed E-state index contributed by atoms with van der Waals surface area (Å²) in [6, 6.07) is 8.12. The summed E-state index contributed by atoms with van der Waals surface area (Å²) >= 11 is 0. The minimum atomic E-state index is 0.689. The fraction of sp³-hybridized carbons (Fsp3) is 0.286. The van der Waals surface area contributed by atoms with E-state index >= 15 is 0 Å². The molecule has 2 nitrogen and oxygen atoms in total. The maximum atomic E-state index is 5.73. The van der Waals surface area contributed by atoms with Gasteiger partial charge >= 0.3 is 0 Å². The minimum Gasteiger partial charge on any atom is -0.458 e. The van der Waals surface area contributed by atoms with Gasteiger partial charge in [0.2, 0.25) is 0 Å². The minimum absolute atomic E-state index is 0.689. The van der Waals surface area contributed by atoms with Crippen molar-refractivity contribution >= 4 is 0 Å². The van der Waals surface area contributed by atoms with E-state index in [-0.39, 0.29) is 0 Å². The first-order valence-electron chi connectivity index (χ1n) is 5.72. The molecule has 1 aliphatic rings. The molecule has 0 heterocycles. The van der Waals surface area contributed by atoms with Gasteiger partial charge in [0.25, 0.3) is 0 Å². The maximum Gasteiger partial charge on any atom is 0.127 e. The standard InChI is InChI=1S/C14H17NO/c15-11-10-12-6-8-14(9-7-12)16-13-4-2-1-3-5-13/h2,4-9H,1,3,10-11,15H2. The molecule has 0 saturated heterocycles. The van der Waals surface area contributed by atoms with Gasteiger partial charge in [0, 0.05) is 0 Å². The van der Waals surface area contributed by atoms with Crippen LogP contribution in [0.5, 0.6) is 5.75 Å². The van der Waals surface area contributed by atoms with Gasteiger partial charge < -0.3 is 10.5 Å². The predicted octanol–water partition coefficient (Wildman–Crippen LogP) is 2.80. The van der Waals surface area contributed by atoms with Gasteiger partial charge in [-0.2, -0.15) is 0 Å². The Labute approximate surface area is 96.4 Å². The Balaban J connectivity index is 1.99. The number of benzene rings is 1. The first-order chi connectivity index (χ1) is 7.88. The monoisotopic (exact) mass is 215 g/mol. The molecule has 0 unspecified atom stereocenters. The van der Waals surface area contributed by atoms with Crippen LogP contribution in [0.1, 0.15) is 18.4 Å². The Morgan fingerprint density at radius 1 is 1.12 bits per heavy atom. The summed E-state index contributed by atoms with van der Waals surface area (Å²) in [6.45, 7) is 0.689. The fourth-order valence-corrected chi connectivity index (χ4v) is 1.69. The molecular formula is C14H17NO. The third kappa shape index (κ3) is 2.97. The molecule has 1 aromatic rings. The third-order valence-corrected chi connectivity index (χ3v) is 2.55. The fourth-order valence-electron chi connectivity index (χ4n) is 1.69. The molecule has 0 aliphatic heterocycles. The van der Waals surface area contributed by atoms with Gasteiger partial charge in [0.1, 0.15) is 11.5 Å². The van der Waals surface area contributed by atoms with Gasteiger partial charge in [-0.3, -0.25) is 0 Å². The molecule has 0 amide bonds. The quantitative estimate of drug-likeness (QED) is 0.838. The normalized spacial score (nSPS) is 14.7. The highest BCUT2D eigenvalue weighted by Crippen LogP contribution is 2.18. The summed E-state index contributed by atoms with van der Waals surface area (Å²) in [6.07, 6.45) is 9.38. The average Bonchev–Trinajstić information content (AvgIpc) is 2.33. The van der Waals surface area contributed by atoms with Crippen LogP contribution in [0, 0.1) is 0 Å². The van der Waals surface area contributed by atoms with Crippen molar-refractivity contribution in [1.82, 2.24) is 0 Å². The summed E-state index contributed by atoms with van der Waals surface area (Å²) in [5, 5.41) is 0. The van der Waals surface area contributed by atoms with Crippen LogP contribution in [0.3, 0.4) is 0 Å². The van der Waals surface area contributed by atoms with E-state index in [1.54, 1.807) is 0 Å². The lowest BCUT2D eigenvalue weighted by molar-refractivity contribution is 0.439. The molecule has 0 atom stereocenters. The van der Waals surface area contributed by atoms with Gasteiger partial charge in [0.15, 0.2) is 0 Å². The number of hydrogen-bond donors (Lipinski definition) is 1. The zero-order valence-corrected chi connectivity index (χ0v) is 9.36. The van der Waals surface area contributed by atoms with Gasteiger partial charge in [-0.15, -0.1) is 0 Å². The van der Waals surface area contributed by atoms with Crippen molar-refractivity contribution in [2.75, 3.05) is 6.54 Å². The molecule has 2 rings (SSSR count). The number of hydrogen-bond acceptors (Lipinski definition) is 2. The van der Waals surface area contributed by atoms with Crippen LogP contribution in [0.2, 0.25) is 0 Å². The second-order valence-corrected chi connectivity index (χ2v) is 3.87. The Kier molecular flexibility index (Phi) is 3.78. The number of rotatable bonds is 4. The Bertz CT molecular complexity index is 390. The average molecular weight is 215 g/mol. The van der Waals surface area contributed by atoms with E-state index in [2.05, 4.69) is 24.3 Å². The Morgan fingerprint density at radius 3 is 2.56 bits per heavy atom. The molecule has 0 radical (unpaired) electrons. The smallest absolute Gasteiger partial charge is 0.127 e. The van der Waals surface area contributed by atoms with Gasteiger partial charge in [-0.05, 0) is 55.7 Å². The molecule has 16 heavy (non-hydrogen) atoms. The van der Waals surface area contributed by atoms with Crippen LogP contribution < -0.4 is 10.5 Å². The van der Waals surface area contributed by atoms with Crippen molar-refractivity contribution < 1.29 is 4.74 Å². The third-order valence-electron chi connectivity index (χ3n) is 2.55. The molecule has 0 fully saturated rings. The summed E-state index contributed by atoms with van der Waals surface area (Å²) in [5.74, 6) is 1.83. The van der Waals surface area contributed by atoms with Crippen molar-refractivity contribution in [3.63, 3.8) is 0 Å². The lowest BCUT2D eigenvalue weighted by atomic mass is 10.1. The summed E-state index contributed by atoms with van der Waals surface area (Å²) < 4.78 is 5.73. The highest BCUT2D eigenvalue weighted by Gasteiger charge is 2.00. The van der Waals surface area contributed by atoms with Crippen LogP contribution in [0.25, 0.3) is 0 Å². The number of allylic oxidation sites excluding steroid dienone is 3. The molecule has 0 saturated carbocycles. The van der Waals surface area contributed by atoms with Gasteiger partial charge in [-0.25, -0.2) is 0 Å². The van der Waals surface area contributed by atoms with Crippen LogP contribution in [0.15, 0.2) is 48.3 Å². The van der Waals surface area contributed by atoms with E-state index in [9.17, 15) is 0 Å². The van der Waals surface area contributed by atoms with Crippen molar-refractivity contribution in [1.29, 1.82) is 0 Å². The van der Waals surface area contributed by atoms with Crippen molar-refractivity contribution in [2.45, 2.75) is 19.3 Å². The number of nitrogens with two attached hydrogens (primary N) is 1. The maximum absolute atomic E-state index is 5.73. The largest absolute Gasteiger partial charge is 0.458 e. The summed E-state index contributed by atoms with van der Waals surface area (Å²) in [7, 11) is 0. The highest BCUT2D eigenvalue weighted by molar-refractivity contribution is 5.31. The van der Waals surface area contributed by atoms with E-state index in [0.717, 1.165) is 30.8 Å².